The minimum absolute atomic E-state index is 0. The third kappa shape index (κ3) is 3.12. The Kier molecular flexibility index (Phi) is 4.82. The van der Waals surface area contributed by atoms with Crippen LogP contribution in [-0.4, -0.2) is 0 Å². The van der Waals surface area contributed by atoms with Crippen molar-refractivity contribution in [3.63, 3.8) is 0 Å². The van der Waals surface area contributed by atoms with Crippen molar-refractivity contribution in [1.29, 1.82) is 0 Å². The van der Waals surface area contributed by atoms with Gasteiger partial charge in [0.2, 0.25) is 0 Å². The second-order valence-electron chi connectivity index (χ2n) is 5.74. The molecule has 1 unspecified atom stereocenters. The van der Waals surface area contributed by atoms with E-state index in [0.29, 0.717) is 9.58 Å². The minimum Gasteiger partial charge on any atom is -0.147 e. The molecule has 112 valence electrons. The van der Waals surface area contributed by atoms with Gasteiger partial charge in [0.05, 0.1) is 10.5 Å². The highest BCUT2D eigenvalue weighted by atomic mass is 35.5. The predicted molar refractivity (Wildman–Crippen MR) is 83.1 cm³/mol. The van der Waals surface area contributed by atoms with Crippen LogP contribution in [0.4, 0.5) is 13.2 Å². The fourth-order valence-electron chi connectivity index (χ4n) is 2.19. The van der Waals surface area contributed by atoms with Gasteiger partial charge in [-0.15, -0.1) is 25.6 Å². The van der Waals surface area contributed by atoms with Crippen LogP contribution in [0.5, 0.6) is 0 Å². The summed E-state index contributed by atoms with van der Waals surface area (Å²) in [4.78, 5) is 0.489. The Bertz CT molecular complexity index is 606. The molecule has 0 bridgehead atoms. The van der Waals surface area contributed by atoms with Gasteiger partial charge in [-0.25, -0.2) is 0 Å². The first-order valence-corrected chi connectivity index (χ1v) is 7.53. The second kappa shape index (κ2) is 5.57. The Morgan fingerprint density at radius 1 is 1.05 bits per heavy atom. The Balaban J connectivity index is 0.00000200. The van der Waals surface area contributed by atoms with E-state index in [9.17, 15) is 13.2 Å². The van der Waals surface area contributed by atoms with Gasteiger partial charge in [0.15, 0.2) is 9.58 Å². The van der Waals surface area contributed by atoms with E-state index >= 15 is 0 Å². The van der Waals surface area contributed by atoms with Crippen LogP contribution in [0, 0.1) is 0 Å². The molecule has 0 spiro atoms. The summed E-state index contributed by atoms with van der Waals surface area (Å²) < 4.78 is 40.7. The lowest BCUT2D eigenvalue weighted by Gasteiger charge is -2.13. The van der Waals surface area contributed by atoms with E-state index in [1.807, 2.05) is 39.8 Å². The number of fused-ring (bicyclic) bond motifs is 1. The highest BCUT2D eigenvalue weighted by molar-refractivity contribution is 7.38. The molecule has 0 nitrogen and oxygen atoms in total. The Morgan fingerprint density at radius 3 is 2.10 bits per heavy atom. The molecule has 1 aromatic heterocycles. The van der Waals surface area contributed by atoms with E-state index in [-0.39, 0.29) is 12.4 Å². The zero-order valence-electron chi connectivity index (χ0n) is 12.0. The number of hydrogen-bond donors (Lipinski definition) is 0. The maximum Gasteiger partial charge on any atom is 0.600 e. The molecule has 0 fully saturated rings. The van der Waals surface area contributed by atoms with Gasteiger partial charge >= 0.3 is 5.51 Å². The van der Waals surface area contributed by atoms with Gasteiger partial charge in [-0.1, -0.05) is 33.8 Å². The van der Waals surface area contributed by atoms with Gasteiger partial charge in [-0.05, 0) is 18.1 Å². The number of benzene rings is 1. The number of hydrogen-bond acceptors (Lipinski definition) is 0. The molecule has 20 heavy (non-hydrogen) atoms. The molecule has 0 saturated heterocycles. The Morgan fingerprint density at radius 2 is 1.65 bits per heavy atom. The molecule has 1 atom stereocenters. The lowest BCUT2D eigenvalue weighted by molar-refractivity contribution is -0.0869. The lowest BCUT2D eigenvalue weighted by atomic mass is 9.94. The summed E-state index contributed by atoms with van der Waals surface area (Å²) in [7, 11) is -1.78. The fourth-order valence-corrected chi connectivity index (χ4v) is 4.41. The van der Waals surface area contributed by atoms with Crippen LogP contribution in [0.1, 0.15) is 38.1 Å². The third-order valence-corrected chi connectivity index (χ3v) is 5.61. The summed E-state index contributed by atoms with van der Waals surface area (Å²) in [5, 5.41) is 0.725. The van der Waals surface area contributed by atoms with Crippen molar-refractivity contribution in [3.8, 4) is 0 Å². The molecule has 2 aromatic rings. The molecule has 0 amide bonds. The first-order chi connectivity index (χ1) is 8.64. The quantitative estimate of drug-likeness (QED) is 0.537. The van der Waals surface area contributed by atoms with Gasteiger partial charge in [0.25, 0.3) is 0 Å². The molecular weight excluding hydrogens is 305 g/mol. The maximum absolute atomic E-state index is 13.4. The molecule has 5 heteroatoms. The van der Waals surface area contributed by atoms with Crippen molar-refractivity contribution in [2.45, 2.75) is 45.0 Å². The van der Waals surface area contributed by atoms with E-state index in [4.69, 9.17) is 0 Å². The summed E-state index contributed by atoms with van der Waals surface area (Å²) in [5.41, 5.74) is -3.70. The van der Waals surface area contributed by atoms with Crippen LogP contribution in [0.25, 0.3) is 10.1 Å². The fraction of sp³-hybridized carbons (Fsp3) is 0.467. The van der Waals surface area contributed by atoms with Crippen LogP contribution in [0.15, 0.2) is 24.3 Å². The van der Waals surface area contributed by atoms with E-state index in [1.54, 1.807) is 12.1 Å². The number of halogens is 4. The van der Waals surface area contributed by atoms with Crippen LogP contribution < -0.4 is 0 Å². The predicted octanol–water partition coefficient (Wildman–Crippen LogP) is 6.35. The molecule has 0 aliphatic carbocycles. The Hall–Kier alpha value is -0.740. The van der Waals surface area contributed by atoms with E-state index in [1.165, 1.54) is 0 Å². The number of rotatable bonds is 1. The summed E-state index contributed by atoms with van der Waals surface area (Å²) in [6.07, 6.45) is 0.757. The molecular formula is C15H19ClF3S+. The van der Waals surface area contributed by atoms with Crippen LogP contribution in [0.2, 0.25) is 0 Å². The van der Waals surface area contributed by atoms with Gasteiger partial charge < -0.3 is 0 Å². The summed E-state index contributed by atoms with van der Waals surface area (Å²) in [5.74, 6) is 0. The molecule has 0 radical (unpaired) electrons. The zero-order chi connectivity index (χ0) is 14.4. The SMILES string of the molecule is CCc1ccc2cc(C(C)(C)C)[s+](C(F)(F)F)c2c1.Cl. The lowest BCUT2D eigenvalue weighted by Crippen LogP contribution is -2.12. The van der Waals surface area contributed by atoms with Crippen LogP contribution in [-0.2, 0) is 17.3 Å². The Labute approximate surface area is 126 Å². The van der Waals surface area contributed by atoms with Crippen LogP contribution >= 0.6 is 22.9 Å². The smallest absolute Gasteiger partial charge is 0.147 e. The first kappa shape index (κ1) is 17.3. The molecule has 0 saturated carbocycles. The van der Waals surface area contributed by atoms with Crippen molar-refractivity contribution in [2.24, 2.45) is 0 Å². The monoisotopic (exact) mass is 323 g/mol. The van der Waals surface area contributed by atoms with E-state index in [0.717, 1.165) is 17.4 Å². The van der Waals surface area contributed by atoms with Gasteiger partial charge in [0, 0.05) is 22.9 Å². The number of aryl methyl sites for hydroxylation is 1. The zero-order valence-corrected chi connectivity index (χ0v) is 13.6. The van der Waals surface area contributed by atoms with E-state index < -0.39 is 21.4 Å². The summed E-state index contributed by atoms with van der Waals surface area (Å²) in [6.45, 7) is 7.49. The molecule has 0 N–H and O–H groups in total. The van der Waals surface area contributed by atoms with Crippen molar-refractivity contribution >= 4 is 33.0 Å². The highest BCUT2D eigenvalue weighted by Crippen LogP contribution is 2.54. The second-order valence-corrected chi connectivity index (χ2v) is 7.69. The summed E-state index contributed by atoms with van der Waals surface area (Å²) in [6, 6.07) is 7.18. The largest absolute Gasteiger partial charge is 0.600 e. The average molecular weight is 324 g/mol. The van der Waals surface area contributed by atoms with Crippen molar-refractivity contribution in [1.82, 2.24) is 0 Å². The third-order valence-electron chi connectivity index (χ3n) is 3.18. The molecule has 1 aromatic carbocycles. The van der Waals surface area contributed by atoms with Gasteiger partial charge in [-0.3, -0.25) is 0 Å². The van der Waals surface area contributed by atoms with Gasteiger partial charge in [0.1, 0.15) is 0 Å². The first-order valence-electron chi connectivity index (χ1n) is 6.31. The van der Waals surface area contributed by atoms with E-state index in [2.05, 4.69) is 0 Å². The van der Waals surface area contributed by atoms with Gasteiger partial charge in [-0.2, -0.15) is 0 Å². The molecule has 0 aliphatic heterocycles. The van der Waals surface area contributed by atoms with Crippen molar-refractivity contribution in [2.75, 3.05) is 0 Å². The summed E-state index contributed by atoms with van der Waals surface area (Å²) >= 11 is 0. The molecule has 1 heterocycles. The van der Waals surface area contributed by atoms with Crippen molar-refractivity contribution in [3.05, 3.63) is 34.7 Å². The normalized spacial score (nSPS) is 13.4. The highest BCUT2D eigenvalue weighted by Gasteiger charge is 2.50. The molecule has 2 rings (SSSR count). The minimum atomic E-state index is -4.20. The molecule has 0 aliphatic rings. The average Bonchev–Trinajstić information content (AvgIpc) is 2.66. The number of alkyl halides is 3. The van der Waals surface area contributed by atoms with Crippen LogP contribution in [0.3, 0.4) is 0 Å². The standard InChI is InChI=1S/C15H18F3S.ClH/c1-5-10-6-7-11-9-13(14(2,3)4)19(12(11)8-10)15(16,17)18;/h6-9H,5H2,1-4H3;1H/q+1;. The van der Waals surface area contributed by atoms with Crippen molar-refractivity contribution < 1.29 is 13.2 Å². The topological polar surface area (TPSA) is 0 Å². The maximum atomic E-state index is 13.4. The number of thiophene rings is 1.